The molecule has 11 heteroatoms. The number of carbonyl (C=O) groups excluding carboxylic acids is 1. The van der Waals surface area contributed by atoms with E-state index in [4.69, 9.17) is 4.84 Å². The monoisotopic (exact) mass is 495 g/mol. The van der Waals surface area contributed by atoms with Crippen LogP contribution in [0.25, 0.3) is 0 Å². The lowest BCUT2D eigenvalue weighted by molar-refractivity contribution is 0.145. The molecule has 182 valence electrons. The summed E-state index contributed by atoms with van der Waals surface area (Å²) in [4.78, 5) is 23.4. The molecular weight excluding hydrogens is 462 g/mol. The van der Waals surface area contributed by atoms with Gasteiger partial charge in [-0.05, 0) is 50.8 Å². The largest absolute Gasteiger partial charge is 0.396 e. The van der Waals surface area contributed by atoms with Gasteiger partial charge in [-0.2, -0.15) is 0 Å². The van der Waals surface area contributed by atoms with Crippen LogP contribution in [0.3, 0.4) is 0 Å². The Morgan fingerprint density at radius 1 is 1.27 bits per heavy atom. The van der Waals surface area contributed by atoms with Crippen molar-refractivity contribution in [3.63, 3.8) is 0 Å². The molecule has 3 rings (SSSR count). The normalized spacial score (nSPS) is 13.7. The van der Waals surface area contributed by atoms with Crippen molar-refractivity contribution in [2.45, 2.75) is 64.1 Å². The Hall–Kier alpha value is -2.50. The van der Waals surface area contributed by atoms with Gasteiger partial charge in [-0.15, -0.1) is 0 Å². The van der Waals surface area contributed by atoms with E-state index in [0.29, 0.717) is 23.1 Å². The lowest BCUT2D eigenvalue weighted by Crippen LogP contribution is -2.31. The fourth-order valence-corrected chi connectivity index (χ4v) is 5.40. The number of benzene rings is 1. The van der Waals surface area contributed by atoms with E-state index in [1.165, 1.54) is 4.90 Å². The fraction of sp³-hybridized carbons (Fsp3) is 0.500. The smallest absolute Gasteiger partial charge is 0.327 e. The van der Waals surface area contributed by atoms with Gasteiger partial charge in [0.15, 0.2) is 9.34 Å². The third-order valence-corrected chi connectivity index (χ3v) is 7.89. The molecule has 0 atom stereocenters. The molecule has 1 aromatic heterocycles. The van der Waals surface area contributed by atoms with E-state index in [2.05, 4.69) is 20.2 Å². The van der Waals surface area contributed by atoms with Crippen molar-refractivity contribution < 1.29 is 18.0 Å². The van der Waals surface area contributed by atoms with Crippen LogP contribution >= 0.6 is 11.3 Å². The molecule has 0 bridgehead atoms. The van der Waals surface area contributed by atoms with Crippen molar-refractivity contribution in [2.75, 3.05) is 23.9 Å². The number of aryl methyl sites for hydroxylation is 1. The van der Waals surface area contributed by atoms with Gasteiger partial charge in [0.25, 0.3) is 10.0 Å². The number of thiazole rings is 1. The molecule has 1 aliphatic rings. The van der Waals surface area contributed by atoms with Crippen LogP contribution in [0.2, 0.25) is 0 Å². The molecule has 0 aliphatic heterocycles. The molecule has 1 heterocycles. The van der Waals surface area contributed by atoms with E-state index in [-0.39, 0.29) is 10.3 Å². The summed E-state index contributed by atoms with van der Waals surface area (Å²) < 4.78 is 27.8. The molecule has 2 amide bonds. The molecule has 1 saturated carbocycles. The summed E-state index contributed by atoms with van der Waals surface area (Å²) in [5.74, 6) is 0. The predicted molar refractivity (Wildman–Crippen MR) is 134 cm³/mol. The number of hydrogen-bond donors (Lipinski definition) is 2. The standard InChI is InChI=1S/C20H27N5O4S2.C2H6/c1-5-12-29-23-13(2)15-6-8-16(9-7-15)22-19(26)25(4)20-21-14(3)18(30-20)31(27,28)24-17-10-11-17;1-2/h6-9,17,24H,5,10-12H2,1-4H3,(H,22,26);1-2H3/b23-13+;. The number of oxime groups is 1. The minimum absolute atomic E-state index is 0.00541. The topological polar surface area (TPSA) is 113 Å². The summed E-state index contributed by atoms with van der Waals surface area (Å²) in [6, 6.07) is 6.80. The van der Waals surface area contributed by atoms with Crippen molar-refractivity contribution in [1.82, 2.24) is 9.71 Å². The highest BCUT2D eigenvalue weighted by Crippen LogP contribution is 2.31. The second kappa shape index (κ2) is 12.1. The van der Waals surface area contributed by atoms with Crippen molar-refractivity contribution in [1.29, 1.82) is 0 Å². The van der Waals surface area contributed by atoms with Crippen LogP contribution in [-0.2, 0) is 14.9 Å². The van der Waals surface area contributed by atoms with E-state index in [1.807, 2.05) is 39.8 Å². The first kappa shape index (κ1) is 26.7. The molecule has 1 fully saturated rings. The molecule has 0 saturated heterocycles. The molecule has 2 N–H and O–H groups in total. The Balaban J connectivity index is 0.00000187. The third-order valence-electron chi connectivity index (χ3n) is 4.53. The van der Waals surface area contributed by atoms with E-state index in [0.717, 1.165) is 41.9 Å². The van der Waals surface area contributed by atoms with Crippen molar-refractivity contribution in [3.8, 4) is 0 Å². The Morgan fingerprint density at radius 2 is 1.91 bits per heavy atom. The number of rotatable bonds is 9. The highest BCUT2D eigenvalue weighted by Gasteiger charge is 2.31. The summed E-state index contributed by atoms with van der Waals surface area (Å²) in [7, 11) is -2.07. The summed E-state index contributed by atoms with van der Waals surface area (Å²) in [6.07, 6.45) is 2.59. The van der Waals surface area contributed by atoms with E-state index >= 15 is 0 Å². The van der Waals surface area contributed by atoms with Gasteiger partial charge in [0.2, 0.25) is 0 Å². The van der Waals surface area contributed by atoms with Crippen LogP contribution in [-0.4, -0.2) is 44.8 Å². The van der Waals surface area contributed by atoms with Crippen LogP contribution in [0.4, 0.5) is 15.6 Å². The van der Waals surface area contributed by atoms with Crippen LogP contribution in [0.5, 0.6) is 0 Å². The van der Waals surface area contributed by atoms with Crippen LogP contribution in [0.15, 0.2) is 33.6 Å². The average Bonchev–Trinajstić information content (AvgIpc) is 3.51. The summed E-state index contributed by atoms with van der Waals surface area (Å²) >= 11 is 0.973. The number of amides is 2. The van der Waals surface area contributed by atoms with Gasteiger partial charge in [-0.1, -0.05) is 49.4 Å². The van der Waals surface area contributed by atoms with Gasteiger partial charge in [0.1, 0.15) is 6.61 Å². The number of sulfonamides is 1. The highest BCUT2D eigenvalue weighted by molar-refractivity contribution is 7.91. The second-order valence-electron chi connectivity index (χ2n) is 7.34. The van der Waals surface area contributed by atoms with Gasteiger partial charge < -0.3 is 10.2 Å². The number of carbonyl (C=O) groups is 1. The lowest BCUT2D eigenvalue weighted by atomic mass is 10.1. The number of hydrogen-bond acceptors (Lipinski definition) is 7. The lowest BCUT2D eigenvalue weighted by Gasteiger charge is -2.15. The van der Waals surface area contributed by atoms with Gasteiger partial charge in [-0.25, -0.2) is 22.9 Å². The average molecular weight is 496 g/mol. The number of aromatic nitrogens is 1. The van der Waals surface area contributed by atoms with Gasteiger partial charge in [-0.3, -0.25) is 4.90 Å². The van der Waals surface area contributed by atoms with Crippen molar-refractivity contribution >= 4 is 43.9 Å². The minimum atomic E-state index is -3.62. The van der Waals surface area contributed by atoms with Crippen LogP contribution in [0, 0.1) is 6.92 Å². The number of anilines is 2. The summed E-state index contributed by atoms with van der Waals surface area (Å²) in [5, 5.41) is 7.14. The van der Waals surface area contributed by atoms with E-state index in [1.54, 1.807) is 26.1 Å². The SMILES string of the molecule is CC.CCCO/N=C(\C)c1ccc(NC(=O)N(C)c2nc(C)c(S(=O)(=O)NC3CC3)s2)cc1. The van der Waals surface area contributed by atoms with E-state index < -0.39 is 16.1 Å². The maximum Gasteiger partial charge on any atom is 0.327 e. The van der Waals surface area contributed by atoms with Crippen molar-refractivity contribution in [2.24, 2.45) is 5.16 Å². The zero-order valence-corrected chi connectivity index (χ0v) is 21.6. The molecule has 33 heavy (non-hydrogen) atoms. The Kier molecular flexibility index (Phi) is 9.81. The van der Waals surface area contributed by atoms with Crippen molar-refractivity contribution in [3.05, 3.63) is 35.5 Å². The Labute approximate surface area is 200 Å². The Morgan fingerprint density at radius 3 is 2.48 bits per heavy atom. The molecule has 1 aromatic carbocycles. The van der Waals surface area contributed by atoms with E-state index in [9.17, 15) is 13.2 Å². The minimum Gasteiger partial charge on any atom is -0.396 e. The molecule has 0 unspecified atom stereocenters. The first-order chi connectivity index (χ1) is 15.7. The number of urea groups is 1. The molecule has 2 aromatic rings. The molecule has 0 radical (unpaired) electrons. The fourth-order valence-electron chi connectivity index (χ4n) is 2.61. The Bertz CT molecular complexity index is 1060. The second-order valence-corrected chi connectivity index (χ2v) is 10.2. The quantitative estimate of drug-likeness (QED) is 0.296. The zero-order chi connectivity index (χ0) is 24.6. The van der Waals surface area contributed by atoms with Crippen LogP contribution in [0.1, 0.15) is 58.2 Å². The maximum absolute atomic E-state index is 12.6. The highest BCUT2D eigenvalue weighted by atomic mass is 32.2. The molecule has 0 spiro atoms. The number of nitrogens with one attached hydrogen (secondary N) is 2. The first-order valence-corrected chi connectivity index (χ1v) is 13.3. The molecule has 9 nitrogen and oxygen atoms in total. The van der Waals surface area contributed by atoms with Gasteiger partial charge in [0, 0.05) is 18.8 Å². The first-order valence-electron chi connectivity index (χ1n) is 11.0. The maximum atomic E-state index is 12.6. The van der Waals surface area contributed by atoms with Gasteiger partial charge in [0.05, 0.1) is 11.4 Å². The van der Waals surface area contributed by atoms with Crippen LogP contribution < -0.4 is 14.9 Å². The van der Waals surface area contributed by atoms with Gasteiger partial charge >= 0.3 is 6.03 Å². The third kappa shape index (κ3) is 7.51. The molecule has 1 aliphatic carbocycles. The molecular formula is C22H33N5O4S2. The zero-order valence-electron chi connectivity index (χ0n) is 20.0. The predicted octanol–water partition coefficient (Wildman–Crippen LogP) is 4.74. The summed E-state index contributed by atoms with van der Waals surface area (Å²) in [5.41, 5.74) is 2.60. The number of nitrogens with zero attached hydrogens (tertiary/aromatic N) is 3. The summed E-state index contributed by atoms with van der Waals surface area (Å²) in [6.45, 7) is 10.1.